The van der Waals surface area contributed by atoms with Gasteiger partial charge in [0.1, 0.15) is 0 Å². The fraction of sp³-hybridized carbons (Fsp3) is 0.778. The van der Waals surface area contributed by atoms with E-state index in [9.17, 15) is 5.21 Å². The molecule has 0 saturated heterocycles. The minimum atomic E-state index is -0.220. The Labute approximate surface area is 82.1 Å². The van der Waals surface area contributed by atoms with Gasteiger partial charge in [-0.15, -0.1) is 0 Å². The summed E-state index contributed by atoms with van der Waals surface area (Å²) in [6, 6.07) is 0. The lowest BCUT2D eigenvalue weighted by Gasteiger charge is -2.45. The van der Waals surface area contributed by atoms with Gasteiger partial charge in [0, 0.05) is 5.54 Å². The molecular formula is C9H18ClNO. The van der Waals surface area contributed by atoms with Crippen molar-refractivity contribution < 1.29 is 19.0 Å². The van der Waals surface area contributed by atoms with Crippen LogP contribution in [0.3, 0.4) is 0 Å². The molecule has 1 N–H and O–H groups in total. The first kappa shape index (κ1) is 11.9. The lowest BCUT2D eigenvalue weighted by molar-refractivity contribution is -0.212. The molecule has 3 heteroatoms. The molecule has 0 fully saturated rings. The second kappa shape index (κ2) is 3.36. The van der Waals surface area contributed by atoms with Crippen molar-refractivity contribution in [3.8, 4) is 0 Å². The molecular weight excluding hydrogens is 174 g/mol. The third-order valence-corrected chi connectivity index (χ3v) is 2.26. The zero-order valence-electron chi connectivity index (χ0n) is 9.13. The SMILES string of the molecule is CC1(C)C=CCC(C)(C)N1O.[Cl-].[H+]. The Morgan fingerprint density at radius 1 is 1.33 bits per heavy atom. The Hall–Kier alpha value is -0.0500. The highest BCUT2D eigenvalue weighted by atomic mass is 35.5. The fourth-order valence-electron chi connectivity index (χ4n) is 1.57. The van der Waals surface area contributed by atoms with Crippen molar-refractivity contribution in [3.63, 3.8) is 0 Å². The molecule has 2 nitrogen and oxygen atoms in total. The summed E-state index contributed by atoms with van der Waals surface area (Å²) in [5.41, 5.74) is -0.347. The van der Waals surface area contributed by atoms with E-state index in [-0.39, 0.29) is 24.9 Å². The highest BCUT2D eigenvalue weighted by Crippen LogP contribution is 2.31. The number of nitrogens with zero attached hydrogens (tertiary/aromatic N) is 1. The third-order valence-electron chi connectivity index (χ3n) is 2.26. The Bertz CT molecular complexity index is 192. The number of hydrogen-bond acceptors (Lipinski definition) is 2. The predicted octanol–water partition coefficient (Wildman–Crippen LogP) is -0.689. The van der Waals surface area contributed by atoms with Crippen LogP contribution in [0.1, 0.15) is 35.5 Å². The zero-order valence-corrected chi connectivity index (χ0v) is 8.89. The Morgan fingerprint density at radius 2 is 1.83 bits per heavy atom. The number of halogens is 1. The summed E-state index contributed by atoms with van der Waals surface area (Å²) >= 11 is 0. The Morgan fingerprint density at radius 3 is 2.17 bits per heavy atom. The predicted molar refractivity (Wildman–Crippen MR) is 46.7 cm³/mol. The maximum atomic E-state index is 9.75. The topological polar surface area (TPSA) is 23.5 Å². The second-order valence-corrected chi connectivity index (χ2v) is 4.38. The highest BCUT2D eigenvalue weighted by molar-refractivity contribution is 5.10. The van der Waals surface area contributed by atoms with E-state index in [0.717, 1.165) is 6.42 Å². The monoisotopic (exact) mass is 191 g/mol. The summed E-state index contributed by atoms with van der Waals surface area (Å²) in [6.45, 7) is 8.09. The normalized spacial score (nSPS) is 26.4. The van der Waals surface area contributed by atoms with Gasteiger partial charge in [0.15, 0.2) is 0 Å². The van der Waals surface area contributed by atoms with Gasteiger partial charge in [-0.2, -0.15) is 5.06 Å². The summed E-state index contributed by atoms with van der Waals surface area (Å²) in [7, 11) is 0. The van der Waals surface area contributed by atoms with Crippen LogP contribution in [0, 0.1) is 0 Å². The van der Waals surface area contributed by atoms with Crippen LogP contribution in [-0.2, 0) is 0 Å². The van der Waals surface area contributed by atoms with Crippen LogP contribution in [0.4, 0.5) is 0 Å². The molecule has 1 rings (SSSR count). The van der Waals surface area contributed by atoms with Gasteiger partial charge < -0.3 is 17.6 Å². The van der Waals surface area contributed by atoms with Gasteiger partial charge in [-0.1, -0.05) is 12.2 Å². The average Bonchev–Trinajstić information content (AvgIpc) is 1.82. The number of hydrogen-bond donors (Lipinski definition) is 1. The van der Waals surface area contributed by atoms with Gasteiger partial charge in [0.25, 0.3) is 0 Å². The van der Waals surface area contributed by atoms with Crippen LogP contribution in [0.15, 0.2) is 12.2 Å². The largest absolute Gasteiger partial charge is 1.00 e. The van der Waals surface area contributed by atoms with Crippen molar-refractivity contribution in [1.29, 1.82) is 0 Å². The molecule has 0 spiro atoms. The molecule has 0 atom stereocenters. The molecule has 0 unspecified atom stereocenters. The molecule has 1 heterocycles. The molecule has 12 heavy (non-hydrogen) atoms. The minimum Gasteiger partial charge on any atom is -1.00 e. The average molecular weight is 192 g/mol. The molecule has 0 aromatic rings. The van der Waals surface area contributed by atoms with Crippen molar-refractivity contribution in [1.82, 2.24) is 5.06 Å². The van der Waals surface area contributed by atoms with Crippen LogP contribution in [0.5, 0.6) is 0 Å². The first-order chi connectivity index (χ1) is 4.86. The maximum Gasteiger partial charge on any atom is 1.00 e. The molecule has 1 aliphatic rings. The van der Waals surface area contributed by atoms with Crippen LogP contribution in [0.2, 0.25) is 0 Å². The van der Waals surface area contributed by atoms with E-state index in [0.29, 0.717) is 0 Å². The van der Waals surface area contributed by atoms with Gasteiger partial charge in [-0.3, -0.25) is 0 Å². The first-order valence-electron chi connectivity index (χ1n) is 4.03. The van der Waals surface area contributed by atoms with E-state index in [1.165, 1.54) is 5.06 Å². The Kier molecular flexibility index (Phi) is 3.35. The Balaban J connectivity index is 0. The van der Waals surface area contributed by atoms with Gasteiger partial charge in [-0.25, -0.2) is 0 Å². The summed E-state index contributed by atoms with van der Waals surface area (Å²) in [5, 5.41) is 11.2. The van der Waals surface area contributed by atoms with E-state index >= 15 is 0 Å². The number of hydroxylamine groups is 2. The molecule has 0 saturated carbocycles. The van der Waals surface area contributed by atoms with Crippen molar-refractivity contribution in [3.05, 3.63) is 12.2 Å². The van der Waals surface area contributed by atoms with E-state index in [2.05, 4.69) is 6.08 Å². The van der Waals surface area contributed by atoms with Gasteiger partial charge >= 0.3 is 1.43 Å². The van der Waals surface area contributed by atoms with Gasteiger partial charge in [0.2, 0.25) is 0 Å². The third kappa shape index (κ3) is 2.00. The maximum absolute atomic E-state index is 9.75. The summed E-state index contributed by atoms with van der Waals surface area (Å²) < 4.78 is 0. The molecule has 0 bridgehead atoms. The van der Waals surface area contributed by atoms with Crippen molar-refractivity contribution in [2.45, 2.75) is 45.2 Å². The van der Waals surface area contributed by atoms with Crippen LogP contribution in [0.25, 0.3) is 0 Å². The molecule has 0 aliphatic carbocycles. The van der Waals surface area contributed by atoms with Gasteiger partial charge in [0.05, 0.1) is 5.54 Å². The van der Waals surface area contributed by atoms with Crippen LogP contribution < -0.4 is 12.4 Å². The molecule has 0 aromatic carbocycles. The minimum absolute atomic E-state index is 0. The van der Waals surface area contributed by atoms with Gasteiger partial charge in [-0.05, 0) is 34.1 Å². The second-order valence-electron chi connectivity index (χ2n) is 4.38. The molecule has 0 amide bonds. The quantitative estimate of drug-likeness (QED) is 0.513. The summed E-state index contributed by atoms with van der Waals surface area (Å²) in [6.07, 6.45) is 5.08. The molecule has 72 valence electrons. The smallest absolute Gasteiger partial charge is 1.00 e. The van der Waals surface area contributed by atoms with Crippen molar-refractivity contribution in [2.24, 2.45) is 0 Å². The molecule has 0 aromatic heterocycles. The first-order valence-corrected chi connectivity index (χ1v) is 4.03. The van der Waals surface area contributed by atoms with Crippen LogP contribution >= 0.6 is 0 Å². The lowest BCUT2D eigenvalue weighted by atomic mass is 9.88. The summed E-state index contributed by atoms with van der Waals surface area (Å²) in [5.74, 6) is 0. The van der Waals surface area contributed by atoms with E-state index in [4.69, 9.17) is 0 Å². The standard InChI is InChI=1S/C9H17NO.ClH/c1-8(2)6-5-7-9(3,4)10(8)11;/h5-6,11H,7H2,1-4H3;1H. The van der Waals surface area contributed by atoms with E-state index in [1.54, 1.807) is 0 Å². The molecule has 1 aliphatic heterocycles. The van der Waals surface area contributed by atoms with E-state index in [1.807, 2.05) is 33.8 Å². The number of rotatable bonds is 0. The lowest BCUT2D eigenvalue weighted by Crippen LogP contribution is -3.00. The van der Waals surface area contributed by atoms with Crippen molar-refractivity contribution >= 4 is 0 Å². The van der Waals surface area contributed by atoms with Crippen molar-refractivity contribution in [2.75, 3.05) is 0 Å². The fourth-order valence-corrected chi connectivity index (χ4v) is 1.57. The molecule has 0 radical (unpaired) electrons. The zero-order chi connectivity index (χ0) is 8.70. The summed E-state index contributed by atoms with van der Waals surface area (Å²) in [4.78, 5) is 0. The highest BCUT2D eigenvalue weighted by Gasteiger charge is 2.37. The van der Waals surface area contributed by atoms with E-state index < -0.39 is 0 Å². The van der Waals surface area contributed by atoms with Crippen LogP contribution in [-0.4, -0.2) is 21.3 Å².